The Hall–Kier alpha value is -2.22. The SMILES string of the molecule is C[C@@H]1[C@H]2[C@H]3C(=O)C=C4[C@@]5(C)C=C(C#N)C(=O)C(C)(C)[C@@H]5CC[C@@]4(C)[C@]3(C)CC[C@@]2(C(=O)NC2CC2)CC[C@H]1C. The number of hydrogen-bond donors (Lipinski definition) is 1. The molecule has 0 aliphatic heterocycles. The third kappa shape index (κ3) is 3.27. The Morgan fingerprint density at radius 2 is 1.67 bits per heavy atom. The lowest BCUT2D eigenvalue weighted by Crippen LogP contribution is -2.67. The summed E-state index contributed by atoms with van der Waals surface area (Å²) in [6.45, 7) is 15.4. The van der Waals surface area contributed by atoms with E-state index in [4.69, 9.17) is 0 Å². The third-order valence-electron chi connectivity index (χ3n) is 13.6. The Morgan fingerprint density at radius 1 is 0.974 bits per heavy atom. The molecule has 0 unspecified atom stereocenters. The smallest absolute Gasteiger partial charge is 0.226 e. The van der Waals surface area contributed by atoms with Gasteiger partial charge in [-0.2, -0.15) is 5.26 Å². The lowest BCUT2D eigenvalue weighted by Gasteiger charge is -2.69. The van der Waals surface area contributed by atoms with Crippen molar-refractivity contribution in [2.24, 2.45) is 56.7 Å². The van der Waals surface area contributed by atoms with Crippen LogP contribution < -0.4 is 5.32 Å². The van der Waals surface area contributed by atoms with E-state index in [9.17, 15) is 19.6 Å². The fraction of sp³-hybridized carbons (Fsp3) is 0.765. The van der Waals surface area contributed by atoms with Gasteiger partial charge in [-0.1, -0.05) is 60.1 Å². The number of carbonyl (C=O) groups is 3. The molecule has 1 N–H and O–H groups in total. The number of amides is 1. The van der Waals surface area contributed by atoms with Crippen molar-refractivity contribution in [3.8, 4) is 6.07 Å². The van der Waals surface area contributed by atoms with Crippen LogP contribution in [0.5, 0.6) is 0 Å². The number of ketones is 2. The van der Waals surface area contributed by atoms with E-state index >= 15 is 0 Å². The minimum absolute atomic E-state index is 0.0287. The van der Waals surface area contributed by atoms with Gasteiger partial charge in [0.2, 0.25) is 5.91 Å². The molecule has 39 heavy (non-hydrogen) atoms. The molecule has 0 aromatic rings. The van der Waals surface area contributed by atoms with E-state index in [1.165, 1.54) is 0 Å². The second-order valence-electron chi connectivity index (χ2n) is 15.6. The van der Waals surface area contributed by atoms with Gasteiger partial charge < -0.3 is 5.32 Å². The first-order valence-electron chi connectivity index (χ1n) is 15.4. The van der Waals surface area contributed by atoms with Gasteiger partial charge in [0.1, 0.15) is 6.07 Å². The molecule has 0 bridgehead atoms. The van der Waals surface area contributed by atoms with Crippen molar-refractivity contribution >= 4 is 17.5 Å². The second-order valence-corrected chi connectivity index (χ2v) is 15.6. The first-order valence-corrected chi connectivity index (χ1v) is 15.4. The minimum atomic E-state index is -0.659. The van der Waals surface area contributed by atoms with Crippen LogP contribution in [-0.4, -0.2) is 23.5 Å². The monoisotopic (exact) mass is 530 g/mol. The molecule has 0 saturated heterocycles. The Bertz CT molecular complexity index is 1270. The van der Waals surface area contributed by atoms with Gasteiger partial charge in [-0.3, -0.25) is 14.4 Å². The van der Waals surface area contributed by atoms with Crippen LogP contribution in [0.15, 0.2) is 23.3 Å². The summed E-state index contributed by atoms with van der Waals surface area (Å²) in [4.78, 5) is 41.8. The van der Waals surface area contributed by atoms with Crippen molar-refractivity contribution < 1.29 is 14.4 Å². The number of Topliss-reactive ketones (excluding diaryl/α,β-unsaturated/α-hetero) is 1. The summed E-state index contributed by atoms with van der Waals surface area (Å²) in [7, 11) is 0. The molecule has 9 atom stereocenters. The van der Waals surface area contributed by atoms with Gasteiger partial charge >= 0.3 is 0 Å². The molecule has 210 valence electrons. The molecule has 5 nitrogen and oxygen atoms in total. The molecule has 4 fully saturated rings. The summed E-state index contributed by atoms with van der Waals surface area (Å²) in [6.07, 6.45) is 11.4. The van der Waals surface area contributed by atoms with Crippen molar-refractivity contribution in [1.29, 1.82) is 5.26 Å². The number of nitrogens with one attached hydrogen (secondary N) is 1. The van der Waals surface area contributed by atoms with E-state index in [0.717, 1.165) is 56.9 Å². The molecule has 4 saturated carbocycles. The molecule has 0 aromatic heterocycles. The zero-order valence-electron chi connectivity index (χ0n) is 24.9. The van der Waals surface area contributed by atoms with E-state index in [-0.39, 0.29) is 51.6 Å². The number of hydrogen-bond acceptors (Lipinski definition) is 4. The Labute approximate surface area is 234 Å². The maximum atomic E-state index is 14.6. The van der Waals surface area contributed by atoms with Crippen molar-refractivity contribution in [2.45, 2.75) is 106 Å². The lowest BCUT2D eigenvalue weighted by atomic mass is 9.34. The van der Waals surface area contributed by atoms with E-state index < -0.39 is 16.2 Å². The van der Waals surface area contributed by atoms with Crippen LogP contribution in [0.3, 0.4) is 0 Å². The zero-order chi connectivity index (χ0) is 28.3. The third-order valence-corrected chi connectivity index (χ3v) is 13.6. The highest BCUT2D eigenvalue weighted by molar-refractivity contribution is 6.04. The first kappa shape index (κ1) is 27.0. The fourth-order valence-electron chi connectivity index (χ4n) is 10.8. The van der Waals surface area contributed by atoms with E-state index in [1.54, 1.807) is 0 Å². The highest BCUT2D eigenvalue weighted by Gasteiger charge is 2.71. The van der Waals surface area contributed by atoms with Crippen LogP contribution in [0.4, 0.5) is 0 Å². The number of allylic oxidation sites excluding steroid dienone is 4. The number of carbonyl (C=O) groups excluding carboxylic acids is 3. The summed E-state index contributed by atoms with van der Waals surface area (Å²) in [6, 6.07) is 2.51. The highest BCUT2D eigenvalue weighted by Crippen LogP contribution is 2.74. The average molecular weight is 531 g/mol. The van der Waals surface area contributed by atoms with Crippen LogP contribution in [0.1, 0.15) is 99.8 Å². The van der Waals surface area contributed by atoms with Crippen LogP contribution >= 0.6 is 0 Å². The maximum Gasteiger partial charge on any atom is 0.226 e. The summed E-state index contributed by atoms with van der Waals surface area (Å²) in [5.74, 6) is 0.945. The summed E-state index contributed by atoms with van der Waals surface area (Å²) >= 11 is 0. The molecule has 0 aromatic carbocycles. The maximum absolute atomic E-state index is 14.6. The molecular formula is C34H46N2O3. The summed E-state index contributed by atoms with van der Waals surface area (Å²) in [5.41, 5.74) is -0.828. The molecule has 5 heteroatoms. The topological polar surface area (TPSA) is 87.0 Å². The Morgan fingerprint density at radius 3 is 2.31 bits per heavy atom. The van der Waals surface area contributed by atoms with Gasteiger partial charge in [-0.15, -0.1) is 0 Å². The quantitative estimate of drug-likeness (QED) is 0.451. The van der Waals surface area contributed by atoms with Gasteiger partial charge in [0.25, 0.3) is 0 Å². The standard InChI is InChI=1S/C34H46N2O3/c1-19-10-13-34(29(39)36-22-8-9-22)15-14-33(7)27(26(34)20(19)2)23(37)16-25-31(5)17-21(18-35)28(38)30(3,4)24(31)11-12-32(25,33)6/h16-17,19-20,22,24,26-27H,8-15H2,1-7H3,(H,36,39)/t19-,20+,24+,26+,27-,31+,32-,33-,34+/m1/s1. The molecule has 6 aliphatic rings. The van der Waals surface area contributed by atoms with Crippen LogP contribution in [0.25, 0.3) is 0 Å². The molecule has 6 rings (SSSR count). The van der Waals surface area contributed by atoms with Gasteiger partial charge in [0, 0.05) is 22.8 Å². The molecule has 0 heterocycles. The molecule has 0 spiro atoms. The van der Waals surface area contributed by atoms with Gasteiger partial charge in [0.05, 0.1) is 11.0 Å². The summed E-state index contributed by atoms with van der Waals surface area (Å²) in [5, 5.41) is 13.3. The number of nitriles is 1. The normalized spacial score (nSPS) is 48.3. The predicted octanol–water partition coefficient (Wildman–Crippen LogP) is 6.34. The molecule has 6 aliphatic carbocycles. The zero-order valence-corrected chi connectivity index (χ0v) is 24.9. The van der Waals surface area contributed by atoms with Gasteiger partial charge in [-0.05, 0) is 91.9 Å². The highest BCUT2D eigenvalue weighted by atomic mass is 16.2. The molecular weight excluding hydrogens is 484 g/mol. The average Bonchev–Trinajstić information content (AvgIpc) is 3.69. The fourth-order valence-corrected chi connectivity index (χ4v) is 10.8. The van der Waals surface area contributed by atoms with Crippen LogP contribution in [0.2, 0.25) is 0 Å². The van der Waals surface area contributed by atoms with E-state index in [2.05, 4.69) is 46.0 Å². The first-order chi connectivity index (χ1) is 18.2. The van der Waals surface area contributed by atoms with Gasteiger partial charge in [0.15, 0.2) is 11.6 Å². The Balaban J connectivity index is 1.51. The molecule has 1 amide bonds. The molecule has 0 radical (unpaired) electrons. The largest absolute Gasteiger partial charge is 0.353 e. The van der Waals surface area contributed by atoms with Crippen molar-refractivity contribution in [3.63, 3.8) is 0 Å². The predicted molar refractivity (Wildman–Crippen MR) is 150 cm³/mol. The van der Waals surface area contributed by atoms with E-state index in [0.29, 0.717) is 17.9 Å². The van der Waals surface area contributed by atoms with Gasteiger partial charge in [-0.25, -0.2) is 0 Å². The van der Waals surface area contributed by atoms with Crippen LogP contribution in [0, 0.1) is 68.0 Å². The van der Waals surface area contributed by atoms with Crippen LogP contribution in [-0.2, 0) is 14.4 Å². The minimum Gasteiger partial charge on any atom is -0.353 e. The number of rotatable bonds is 2. The number of nitrogens with zero attached hydrogens (tertiary/aromatic N) is 1. The Kier molecular flexibility index (Phi) is 5.65. The van der Waals surface area contributed by atoms with Crippen molar-refractivity contribution in [3.05, 3.63) is 23.3 Å². The van der Waals surface area contributed by atoms with Crippen molar-refractivity contribution in [1.82, 2.24) is 5.32 Å². The van der Waals surface area contributed by atoms with E-state index in [1.807, 2.05) is 26.0 Å². The number of fused-ring (bicyclic) bond motifs is 7. The summed E-state index contributed by atoms with van der Waals surface area (Å²) < 4.78 is 0. The van der Waals surface area contributed by atoms with Crippen molar-refractivity contribution in [2.75, 3.05) is 0 Å². The second kappa shape index (κ2) is 8.17. The lowest BCUT2D eigenvalue weighted by molar-refractivity contribution is -0.183.